The minimum absolute atomic E-state index is 0.151. The normalized spacial score (nSPS) is 14.2. The summed E-state index contributed by atoms with van der Waals surface area (Å²) >= 11 is 12.4. The summed E-state index contributed by atoms with van der Waals surface area (Å²) in [4.78, 5) is 28.5. The summed E-state index contributed by atoms with van der Waals surface area (Å²) in [5.74, 6) is 0.715. The van der Waals surface area contributed by atoms with E-state index in [9.17, 15) is 4.79 Å². The molecule has 0 saturated carbocycles. The lowest BCUT2D eigenvalue weighted by molar-refractivity contribution is -0.137. The number of hydrogen-bond donors (Lipinski definition) is 2. The number of benzene rings is 1. The van der Waals surface area contributed by atoms with E-state index in [1.807, 2.05) is 31.3 Å². The first-order valence-electron chi connectivity index (χ1n) is 11.2. The number of carboxylic acid groups (broad SMARTS) is 1. The Balaban J connectivity index is 1.45. The second-order valence-corrected chi connectivity index (χ2v) is 9.05. The van der Waals surface area contributed by atoms with Crippen LogP contribution < -0.4 is 15.0 Å². The number of rotatable bonds is 9. The number of nitrogens with one attached hydrogen (secondary N) is 1. The van der Waals surface area contributed by atoms with Crippen LogP contribution in [0.1, 0.15) is 12.0 Å². The highest BCUT2D eigenvalue weighted by atomic mass is 35.5. The highest BCUT2D eigenvalue weighted by Crippen LogP contribution is 2.30. The maximum Gasteiger partial charge on any atom is 0.304 e. The summed E-state index contributed by atoms with van der Waals surface area (Å²) < 4.78 is 5.99. The zero-order chi connectivity index (χ0) is 24.8. The van der Waals surface area contributed by atoms with E-state index in [4.69, 9.17) is 33.0 Å². The number of ether oxygens (including phenoxy) is 1. The van der Waals surface area contributed by atoms with Crippen molar-refractivity contribution in [3.63, 3.8) is 0 Å². The number of pyridine rings is 1. The molecular formula is C24H26Cl2N6O3. The largest absolute Gasteiger partial charge is 0.481 e. The van der Waals surface area contributed by atoms with Gasteiger partial charge in [-0.1, -0.05) is 23.2 Å². The van der Waals surface area contributed by atoms with Crippen LogP contribution in [0, 0.1) is 0 Å². The fraction of sp³-hybridized carbons (Fsp3) is 0.333. The Morgan fingerprint density at radius 1 is 1.06 bits per heavy atom. The number of halogens is 2. The zero-order valence-electron chi connectivity index (χ0n) is 19.2. The van der Waals surface area contributed by atoms with Crippen LogP contribution in [0.5, 0.6) is 11.6 Å². The van der Waals surface area contributed by atoms with Gasteiger partial charge < -0.3 is 20.1 Å². The quantitative estimate of drug-likeness (QED) is 0.437. The summed E-state index contributed by atoms with van der Waals surface area (Å²) in [6.07, 6.45) is 3.40. The molecule has 4 rings (SSSR count). The molecule has 0 aliphatic carbocycles. The third-order valence-electron chi connectivity index (χ3n) is 5.53. The monoisotopic (exact) mass is 516 g/mol. The number of nitrogens with zero attached hydrogens (tertiary/aromatic N) is 5. The number of carboxylic acids is 1. The van der Waals surface area contributed by atoms with Gasteiger partial charge in [0.2, 0.25) is 11.8 Å². The Hall–Kier alpha value is -2.98. The van der Waals surface area contributed by atoms with Crippen LogP contribution in [-0.4, -0.2) is 70.7 Å². The number of carbonyl (C=O) groups is 1. The van der Waals surface area contributed by atoms with Crippen molar-refractivity contribution in [1.29, 1.82) is 0 Å². The van der Waals surface area contributed by atoms with Gasteiger partial charge in [-0.25, -0.2) is 15.0 Å². The predicted octanol–water partition coefficient (Wildman–Crippen LogP) is 3.95. The summed E-state index contributed by atoms with van der Waals surface area (Å²) in [5.41, 5.74) is 2.47. The molecule has 3 heterocycles. The fourth-order valence-electron chi connectivity index (χ4n) is 3.84. The molecule has 1 fully saturated rings. The molecule has 2 aromatic heterocycles. The highest BCUT2D eigenvalue weighted by Gasteiger charge is 2.19. The second-order valence-electron chi connectivity index (χ2n) is 8.18. The van der Waals surface area contributed by atoms with Gasteiger partial charge in [0.05, 0.1) is 24.5 Å². The molecule has 0 unspecified atom stereocenters. The molecule has 35 heavy (non-hydrogen) atoms. The Morgan fingerprint density at radius 3 is 2.37 bits per heavy atom. The van der Waals surface area contributed by atoms with E-state index in [2.05, 4.69) is 30.1 Å². The average Bonchev–Trinajstić information content (AvgIpc) is 2.83. The molecule has 1 aliphatic rings. The minimum Gasteiger partial charge on any atom is -0.481 e. The van der Waals surface area contributed by atoms with Gasteiger partial charge in [0, 0.05) is 60.9 Å². The molecular weight excluding hydrogens is 491 g/mol. The van der Waals surface area contributed by atoms with Crippen molar-refractivity contribution < 1.29 is 14.6 Å². The summed E-state index contributed by atoms with van der Waals surface area (Å²) in [6.45, 7) is 4.20. The van der Waals surface area contributed by atoms with E-state index < -0.39 is 5.97 Å². The van der Waals surface area contributed by atoms with Crippen LogP contribution in [0.15, 0.2) is 42.7 Å². The molecule has 184 valence electrons. The smallest absolute Gasteiger partial charge is 0.304 e. The Bertz CT molecular complexity index is 1150. The Labute approximate surface area is 213 Å². The molecule has 3 aromatic rings. The predicted molar refractivity (Wildman–Crippen MR) is 135 cm³/mol. The van der Waals surface area contributed by atoms with Crippen molar-refractivity contribution in [2.24, 2.45) is 0 Å². The van der Waals surface area contributed by atoms with Crippen LogP contribution in [0.3, 0.4) is 0 Å². The van der Waals surface area contributed by atoms with E-state index in [1.165, 1.54) is 0 Å². The van der Waals surface area contributed by atoms with Gasteiger partial charge >= 0.3 is 5.97 Å². The lowest BCUT2D eigenvalue weighted by Crippen LogP contribution is -2.47. The summed E-state index contributed by atoms with van der Waals surface area (Å²) in [6, 6.07) is 9.11. The van der Waals surface area contributed by atoms with Crippen LogP contribution in [-0.2, 0) is 11.3 Å². The van der Waals surface area contributed by atoms with Crippen LogP contribution in [0.2, 0.25) is 10.0 Å². The SMILES string of the molecule is CNCc1cc(Oc2cnc(N3CCN(CCC(=O)O)CC3)nc2)nc(-c2cc(Cl)cc(Cl)c2)c1. The van der Waals surface area contributed by atoms with Gasteiger partial charge in [-0.15, -0.1) is 0 Å². The van der Waals surface area contributed by atoms with Crippen molar-refractivity contribution in [3.8, 4) is 22.9 Å². The standard InChI is InChI=1S/C24H26Cl2N6O3/c1-27-13-16-8-21(17-10-18(25)12-19(26)11-17)30-22(9-16)35-20-14-28-24(29-15-20)32-6-4-31(5-7-32)3-2-23(33)34/h8-12,14-15,27H,2-7,13H2,1H3,(H,33,34). The van der Waals surface area contributed by atoms with Gasteiger partial charge in [0.15, 0.2) is 5.75 Å². The lowest BCUT2D eigenvalue weighted by Gasteiger charge is -2.34. The molecule has 1 aromatic carbocycles. The number of hydrogen-bond acceptors (Lipinski definition) is 8. The first kappa shape index (κ1) is 25.1. The topological polar surface area (TPSA) is 104 Å². The van der Waals surface area contributed by atoms with Crippen molar-refractivity contribution >= 4 is 35.1 Å². The van der Waals surface area contributed by atoms with E-state index in [0.29, 0.717) is 46.4 Å². The summed E-state index contributed by atoms with van der Waals surface area (Å²) in [5, 5.41) is 13.1. The average molecular weight is 517 g/mol. The van der Waals surface area contributed by atoms with E-state index >= 15 is 0 Å². The maximum absolute atomic E-state index is 10.8. The molecule has 1 aliphatic heterocycles. The van der Waals surface area contributed by atoms with Crippen LogP contribution in [0.25, 0.3) is 11.3 Å². The molecule has 1 saturated heterocycles. The molecule has 0 amide bonds. The van der Waals surface area contributed by atoms with E-state index in [1.54, 1.807) is 18.5 Å². The van der Waals surface area contributed by atoms with Crippen molar-refractivity contribution in [3.05, 3.63) is 58.3 Å². The first-order chi connectivity index (χ1) is 16.9. The maximum atomic E-state index is 10.8. The molecule has 9 nitrogen and oxygen atoms in total. The number of aliphatic carboxylic acids is 1. The van der Waals surface area contributed by atoms with Gasteiger partial charge in [-0.3, -0.25) is 9.69 Å². The van der Waals surface area contributed by atoms with E-state index in [-0.39, 0.29) is 6.42 Å². The van der Waals surface area contributed by atoms with Crippen molar-refractivity contribution in [1.82, 2.24) is 25.2 Å². The summed E-state index contributed by atoms with van der Waals surface area (Å²) in [7, 11) is 1.87. The van der Waals surface area contributed by atoms with Crippen LogP contribution in [0.4, 0.5) is 5.95 Å². The highest BCUT2D eigenvalue weighted by molar-refractivity contribution is 6.35. The van der Waals surface area contributed by atoms with Gasteiger partial charge in [-0.2, -0.15) is 0 Å². The first-order valence-corrected chi connectivity index (χ1v) is 12.0. The fourth-order valence-corrected chi connectivity index (χ4v) is 4.36. The third-order valence-corrected chi connectivity index (χ3v) is 5.97. The molecule has 0 bridgehead atoms. The second kappa shape index (κ2) is 11.6. The molecule has 2 N–H and O–H groups in total. The van der Waals surface area contributed by atoms with E-state index in [0.717, 1.165) is 37.3 Å². The molecule has 11 heteroatoms. The third kappa shape index (κ3) is 7.02. The lowest BCUT2D eigenvalue weighted by atomic mass is 10.1. The Morgan fingerprint density at radius 2 is 1.74 bits per heavy atom. The van der Waals surface area contributed by atoms with Crippen LogP contribution >= 0.6 is 23.2 Å². The number of anilines is 1. The Kier molecular flexibility index (Phi) is 8.35. The molecule has 0 radical (unpaired) electrons. The van der Waals surface area contributed by atoms with Gasteiger partial charge in [-0.05, 0) is 36.9 Å². The van der Waals surface area contributed by atoms with Crippen molar-refractivity contribution in [2.45, 2.75) is 13.0 Å². The molecule has 0 atom stereocenters. The van der Waals surface area contributed by atoms with Gasteiger partial charge in [0.1, 0.15) is 0 Å². The zero-order valence-corrected chi connectivity index (χ0v) is 20.8. The minimum atomic E-state index is -0.777. The number of piperazine rings is 1. The number of aromatic nitrogens is 3. The van der Waals surface area contributed by atoms with Crippen molar-refractivity contribution in [2.75, 3.05) is 44.7 Å². The molecule has 0 spiro atoms. The van der Waals surface area contributed by atoms with Gasteiger partial charge in [0.25, 0.3) is 0 Å².